The van der Waals surface area contributed by atoms with Crippen LogP contribution in [-0.2, 0) is 4.79 Å². The number of hydrogen-bond donors (Lipinski definition) is 2. The van der Waals surface area contributed by atoms with Gasteiger partial charge in [0.05, 0.1) is 0 Å². The molecule has 0 saturated carbocycles. The third-order valence-electron chi connectivity index (χ3n) is 7.21. The van der Waals surface area contributed by atoms with Crippen LogP contribution in [0.3, 0.4) is 0 Å². The first-order valence-corrected chi connectivity index (χ1v) is 12.7. The zero-order valence-corrected chi connectivity index (χ0v) is 20.8. The van der Waals surface area contributed by atoms with Gasteiger partial charge in [-0.25, -0.2) is 4.79 Å². The Kier molecular flexibility index (Phi) is 8.06. The number of piperidine rings is 2. The molecule has 0 bridgehead atoms. The zero-order chi connectivity index (χ0) is 24.8. The fraction of sp³-hybridized carbons (Fsp3) is 0.464. The van der Waals surface area contributed by atoms with Crippen molar-refractivity contribution >= 4 is 23.5 Å². The van der Waals surface area contributed by atoms with Crippen LogP contribution in [0, 0.1) is 19.8 Å². The van der Waals surface area contributed by atoms with Crippen LogP contribution in [0.2, 0.25) is 0 Å². The molecule has 1 atom stereocenters. The van der Waals surface area contributed by atoms with E-state index < -0.39 is 6.04 Å². The summed E-state index contributed by atoms with van der Waals surface area (Å²) in [6, 6.07) is 14.5. The zero-order valence-electron chi connectivity index (χ0n) is 20.8. The topological polar surface area (TPSA) is 81.8 Å². The van der Waals surface area contributed by atoms with Crippen LogP contribution >= 0.6 is 0 Å². The van der Waals surface area contributed by atoms with E-state index >= 15 is 0 Å². The molecule has 0 aromatic heterocycles. The number of aryl methyl sites for hydroxylation is 2. The van der Waals surface area contributed by atoms with E-state index in [0.717, 1.165) is 49.2 Å². The van der Waals surface area contributed by atoms with Gasteiger partial charge < -0.3 is 20.4 Å². The molecule has 35 heavy (non-hydrogen) atoms. The van der Waals surface area contributed by atoms with Crippen molar-refractivity contribution in [2.45, 2.75) is 52.0 Å². The van der Waals surface area contributed by atoms with Crippen LogP contribution in [0.4, 0.5) is 10.5 Å². The Balaban J connectivity index is 1.42. The number of carbonyl (C=O) groups excluding carboxylic acids is 3. The summed E-state index contributed by atoms with van der Waals surface area (Å²) in [7, 11) is 0. The van der Waals surface area contributed by atoms with E-state index in [9.17, 15) is 14.4 Å². The summed E-state index contributed by atoms with van der Waals surface area (Å²) in [4.78, 5) is 43.2. The van der Waals surface area contributed by atoms with E-state index in [0.29, 0.717) is 31.5 Å². The molecule has 0 spiro atoms. The third-order valence-corrected chi connectivity index (χ3v) is 7.21. The monoisotopic (exact) mass is 476 g/mol. The Hall–Kier alpha value is -3.35. The minimum atomic E-state index is -0.581. The number of carbonyl (C=O) groups is 3. The lowest BCUT2D eigenvalue weighted by Gasteiger charge is -2.38. The number of anilines is 1. The summed E-state index contributed by atoms with van der Waals surface area (Å²) in [5.41, 5.74) is 3.39. The van der Waals surface area contributed by atoms with Crippen molar-refractivity contribution in [1.82, 2.24) is 15.1 Å². The van der Waals surface area contributed by atoms with Crippen molar-refractivity contribution < 1.29 is 14.4 Å². The van der Waals surface area contributed by atoms with Crippen molar-refractivity contribution in [2.24, 2.45) is 5.92 Å². The molecule has 2 aromatic carbocycles. The number of rotatable bonds is 5. The maximum atomic E-state index is 13.6. The molecule has 0 unspecified atom stereocenters. The van der Waals surface area contributed by atoms with Crippen LogP contribution in [0.5, 0.6) is 0 Å². The number of urea groups is 1. The first-order chi connectivity index (χ1) is 16.9. The Morgan fingerprint density at radius 2 is 1.49 bits per heavy atom. The molecule has 2 fully saturated rings. The van der Waals surface area contributed by atoms with Crippen LogP contribution in [-0.4, -0.2) is 59.9 Å². The number of benzene rings is 2. The molecule has 2 N–H and O–H groups in total. The van der Waals surface area contributed by atoms with Gasteiger partial charge in [0.2, 0.25) is 5.91 Å². The predicted molar refractivity (Wildman–Crippen MR) is 137 cm³/mol. The number of likely N-dealkylation sites (tertiary alicyclic amines) is 2. The van der Waals surface area contributed by atoms with Crippen molar-refractivity contribution in [3.05, 3.63) is 65.2 Å². The first-order valence-electron chi connectivity index (χ1n) is 12.7. The molecule has 7 nitrogen and oxygen atoms in total. The highest BCUT2D eigenvalue weighted by atomic mass is 16.2. The molecule has 4 rings (SSSR count). The van der Waals surface area contributed by atoms with Crippen molar-refractivity contribution in [3.63, 3.8) is 0 Å². The molecular weight excluding hydrogens is 440 g/mol. The number of amides is 4. The van der Waals surface area contributed by atoms with E-state index in [1.165, 1.54) is 0 Å². The average molecular weight is 477 g/mol. The van der Waals surface area contributed by atoms with E-state index in [1.54, 1.807) is 11.0 Å². The highest BCUT2D eigenvalue weighted by molar-refractivity contribution is 5.98. The van der Waals surface area contributed by atoms with Crippen molar-refractivity contribution in [2.75, 3.05) is 31.5 Å². The second kappa shape index (κ2) is 11.4. The second-order valence-electron chi connectivity index (χ2n) is 9.77. The summed E-state index contributed by atoms with van der Waals surface area (Å²) in [5, 5.41) is 6.04. The summed E-state index contributed by atoms with van der Waals surface area (Å²) in [5.74, 6) is -0.215. The van der Waals surface area contributed by atoms with Crippen LogP contribution in [0.25, 0.3) is 0 Å². The smallest absolute Gasteiger partial charge is 0.321 e. The van der Waals surface area contributed by atoms with Crippen LogP contribution < -0.4 is 10.6 Å². The third kappa shape index (κ3) is 6.21. The lowest BCUT2D eigenvalue weighted by Crippen LogP contribution is -2.55. The van der Waals surface area contributed by atoms with Gasteiger partial charge in [-0.15, -0.1) is 0 Å². The molecule has 0 aliphatic carbocycles. The summed E-state index contributed by atoms with van der Waals surface area (Å²) in [6.07, 6.45) is 4.47. The Morgan fingerprint density at radius 3 is 2.14 bits per heavy atom. The number of hydrogen-bond acceptors (Lipinski definition) is 3. The van der Waals surface area contributed by atoms with Crippen molar-refractivity contribution in [1.29, 1.82) is 0 Å². The maximum Gasteiger partial charge on any atom is 0.321 e. The van der Waals surface area contributed by atoms with E-state index in [4.69, 9.17) is 0 Å². The van der Waals surface area contributed by atoms with Crippen LogP contribution in [0.15, 0.2) is 48.5 Å². The minimum absolute atomic E-state index is 0.00851. The lowest BCUT2D eigenvalue weighted by molar-refractivity contribution is -0.136. The quantitative estimate of drug-likeness (QED) is 0.673. The van der Waals surface area contributed by atoms with Crippen molar-refractivity contribution in [3.8, 4) is 0 Å². The molecule has 4 amide bonds. The standard InChI is InChI=1S/C28H36N4O3/c1-20-10-12-23(13-11-20)29-28(35)32-18-14-22(15-19-32)25(27(34)31-16-6-3-7-17-31)30-26(33)24-9-5-4-8-21(24)2/h4-5,8-13,22,25H,3,6-7,14-19H2,1-2H3,(H,29,35)(H,30,33)/t25-/m0/s1. The SMILES string of the molecule is Cc1ccc(NC(=O)N2CCC([C@H](NC(=O)c3ccccc3C)C(=O)N3CCCCC3)CC2)cc1. The maximum absolute atomic E-state index is 13.6. The van der Waals surface area contributed by atoms with E-state index in [1.807, 2.05) is 61.2 Å². The number of nitrogens with zero attached hydrogens (tertiary/aromatic N) is 2. The minimum Gasteiger partial charge on any atom is -0.341 e. The van der Waals surface area contributed by atoms with E-state index in [-0.39, 0.29) is 23.8 Å². The predicted octanol–water partition coefficient (Wildman–Crippen LogP) is 4.36. The summed E-state index contributed by atoms with van der Waals surface area (Å²) < 4.78 is 0. The van der Waals surface area contributed by atoms with Gasteiger partial charge in [-0.2, -0.15) is 0 Å². The summed E-state index contributed by atoms with van der Waals surface area (Å²) >= 11 is 0. The van der Waals surface area contributed by atoms with E-state index in [2.05, 4.69) is 10.6 Å². The second-order valence-corrected chi connectivity index (χ2v) is 9.77. The fourth-order valence-corrected chi connectivity index (χ4v) is 5.01. The molecule has 0 radical (unpaired) electrons. The molecular formula is C28H36N4O3. The van der Waals surface area contributed by atoms with Gasteiger partial charge in [-0.05, 0) is 75.6 Å². The molecule has 2 aliphatic rings. The Labute approximate surface area is 207 Å². The Morgan fingerprint density at radius 1 is 0.829 bits per heavy atom. The summed E-state index contributed by atoms with van der Waals surface area (Å²) in [6.45, 7) is 6.50. The van der Waals surface area contributed by atoms with Gasteiger partial charge in [0.1, 0.15) is 6.04 Å². The van der Waals surface area contributed by atoms with Gasteiger partial charge in [0.15, 0.2) is 0 Å². The molecule has 2 aliphatic heterocycles. The highest BCUT2D eigenvalue weighted by Crippen LogP contribution is 2.25. The lowest BCUT2D eigenvalue weighted by atomic mass is 9.87. The van der Waals surface area contributed by atoms with Gasteiger partial charge in [0.25, 0.3) is 5.91 Å². The van der Waals surface area contributed by atoms with Gasteiger partial charge in [0, 0.05) is 37.4 Å². The largest absolute Gasteiger partial charge is 0.341 e. The van der Waals surface area contributed by atoms with Crippen LogP contribution in [0.1, 0.15) is 53.6 Å². The normalized spacial score (nSPS) is 17.5. The fourth-order valence-electron chi connectivity index (χ4n) is 5.01. The molecule has 2 saturated heterocycles. The number of nitrogens with one attached hydrogen (secondary N) is 2. The molecule has 7 heteroatoms. The molecule has 2 aromatic rings. The van der Waals surface area contributed by atoms with Gasteiger partial charge in [-0.1, -0.05) is 35.9 Å². The Bertz CT molecular complexity index is 1040. The highest BCUT2D eigenvalue weighted by Gasteiger charge is 2.36. The first kappa shape index (κ1) is 24.8. The molecule has 2 heterocycles. The molecule has 186 valence electrons. The van der Waals surface area contributed by atoms with Gasteiger partial charge >= 0.3 is 6.03 Å². The van der Waals surface area contributed by atoms with Gasteiger partial charge in [-0.3, -0.25) is 9.59 Å². The average Bonchev–Trinajstić information content (AvgIpc) is 2.89.